The average molecular weight is 236 g/mol. The highest BCUT2D eigenvalue weighted by Crippen LogP contribution is 2.11. The smallest absolute Gasteiger partial charge is 0.128 e. The lowest BCUT2D eigenvalue weighted by Crippen LogP contribution is -2.32. The van der Waals surface area contributed by atoms with Crippen LogP contribution in [0.1, 0.15) is 18.9 Å². The van der Waals surface area contributed by atoms with Gasteiger partial charge in [0, 0.05) is 32.4 Å². The summed E-state index contributed by atoms with van der Waals surface area (Å²) in [5.41, 5.74) is 6.65. The van der Waals surface area contributed by atoms with E-state index in [4.69, 9.17) is 5.73 Å². The van der Waals surface area contributed by atoms with E-state index >= 15 is 0 Å². The predicted octanol–water partition coefficient (Wildman–Crippen LogP) is 1.32. The summed E-state index contributed by atoms with van der Waals surface area (Å²) in [5.74, 6) is 1.05. The van der Waals surface area contributed by atoms with E-state index in [2.05, 4.69) is 47.9 Å². The molecule has 1 aromatic heterocycles. The van der Waals surface area contributed by atoms with Crippen LogP contribution in [0, 0.1) is 0 Å². The molecular formula is C13H24N4. The van der Waals surface area contributed by atoms with Gasteiger partial charge in [-0.1, -0.05) is 13.0 Å². The first kappa shape index (κ1) is 13.9. The fourth-order valence-corrected chi connectivity index (χ4v) is 1.66. The Morgan fingerprint density at radius 1 is 1.18 bits per heavy atom. The minimum absolute atomic E-state index is 0.554. The van der Waals surface area contributed by atoms with E-state index in [0.29, 0.717) is 6.54 Å². The summed E-state index contributed by atoms with van der Waals surface area (Å²) in [6.07, 6.45) is 3.00. The maximum atomic E-state index is 5.57. The first-order valence-electron chi connectivity index (χ1n) is 6.22. The van der Waals surface area contributed by atoms with Gasteiger partial charge in [0.2, 0.25) is 0 Å². The summed E-state index contributed by atoms with van der Waals surface area (Å²) in [6.45, 7) is 5.84. The molecule has 2 N–H and O–H groups in total. The van der Waals surface area contributed by atoms with Crippen molar-refractivity contribution >= 4 is 5.82 Å². The molecule has 96 valence electrons. The second kappa shape index (κ2) is 7.25. The van der Waals surface area contributed by atoms with Gasteiger partial charge in [-0.05, 0) is 32.1 Å². The van der Waals surface area contributed by atoms with Gasteiger partial charge in [0.25, 0.3) is 0 Å². The number of nitrogens with two attached hydrogens (primary N) is 1. The summed E-state index contributed by atoms with van der Waals surface area (Å²) < 4.78 is 0. The van der Waals surface area contributed by atoms with Crippen molar-refractivity contribution in [1.82, 2.24) is 9.88 Å². The number of nitrogens with zero attached hydrogens (tertiary/aromatic N) is 3. The van der Waals surface area contributed by atoms with E-state index in [1.54, 1.807) is 0 Å². The second-order valence-electron chi connectivity index (χ2n) is 4.52. The Bertz CT molecular complexity index is 308. The third-order valence-electron chi connectivity index (χ3n) is 2.68. The monoisotopic (exact) mass is 236 g/mol. The zero-order valence-corrected chi connectivity index (χ0v) is 11.2. The van der Waals surface area contributed by atoms with Crippen LogP contribution in [0.3, 0.4) is 0 Å². The van der Waals surface area contributed by atoms with E-state index in [1.807, 2.05) is 6.20 Å². The molecule has 0 atom stereocenters. The highest BCUT2D eigenvalue weighted by atomic mass is 15.2. The minimum atomic E-state index is 0.554. The van der Waals surface area contributed by atoms with Crippen molar-refractivity contribution in [2.75, 3.05) is 38.6 Å². The topological polar surface area (TPSA) is 45.4 Å². The molecule has 0 spiro atoms. The fraction of sp³-hybridized carbons (Fsp3) is 0.615. The van der Waals surface area contributed by atoms with Crippen molar-refractivity contribution in [2.45, 2.75) is 19.9 Å². The number of hydrogen-bond acceptors (Lipinski definition) is 4. The SMILES string of the molecule is CCCN(CCN(C)C)c1ccc(CN)cn1. The molecule has 0 fully saturated rings. The maximum Gasteiger partial charge on any atom is 0.128 e. The summed E-state index contributed by atoms with van der Waals surface area (Å²) in [7, 11) is 4.18. The molecule has 0 aliphatic rings. The second-order valence-corrected chi connectivity index (χ2v) is 4.52. The number of hydrogen-bond donors (Lipinski definition) is 1. The van der Waals surface area contributed by atoms with Crippen molar-refractivity contribution in [2.24, 2.45) is 5.73 Å². The zero-order chi connectivity index (χ0) is 12.7. The highest BCUT2D eigenvalue weighted by Gasteiger charge is 2.06. The Morgan fingerprint density at radius 2 is 1.94 bits per heavy atom. The Kier molecular flexibility index (Phi) is 5.94. The van der Waals surface area contributed by atoms with Crippen LogP contribution in [-0.2, 0) is 6.54 Å². The van der Waals surface area contributed by atoms with Gasteiger partial charge >= 0.3 is 0 Å². The molecule has 0 aromatic carbocycles. The van der Waals surface area contributed by atoms with Gasteiger partial charge in [-0.3, -0.25) is 0 Å². The molecular weight excluding hydrogens is 212 g/mol. The first-order valence-corrected chi connectivity index (χ1v) is 6.22. The lowest BCUT2D eigenvalue weighted by atomic mass is 10.2. The van der Waals surface area contributed by atoms with Gasteiger partial charge in [-0.2, -0.15) is 0 Å². The molecule has 17 heavy (non-hydrogen) atoms. The van der Waals surface area contributed by atoms with Crippen LogP contribution in [0.25, 0.3) is 0 Å². The Hall–Kier alpha value is -1.13. The largest absolute Gasteiger partial charge is 0.355 e. The molecule has 0 aliphatic carbocycles. The van der Waals surface area contributed by atoms with E-state index in [-0.39, 0.29) is 0 Å². The minimum Gasteiger partial charge on any atom is -0.355 e. The molecule has 1 rings (SSSR count). The molecule has 1 aromatic rings. The molecule has 0 radical (unpaired) electrons. The van der Waals surface area contributed by atoms with Crippen LogP contribution in [-0.4, -0.2) is 43.6 Å². The summed E-state index contributed by atoms with van der Waals surface area (Å²) in [5, 5.41) is 0. The van der Waals surface area contributed by atoms with Crippen LogP contribution in [0.4, 0.5) is 5.82 Å². The van der Waals surface area contributed by atoms with Crippen molar-refractivity contribution in [3.8, 4) is 0 Å². The quantitative estimate of drug-likeness (QED) is 0.775. The molecule has 0 unspecified atom stereocenters. The molecule has 0 aliphatic heterocycles. The third-order valence-corrected chi connectivity index (χ3v) is 2.68. The number of aromatic nitrogens is 1. The van der Waals surface area contributed by atoms with Crippen LogP contribution in [0.15, 0.2) is 18.3 Å². The number of pyridine rings is 1. The standard InChI is InChI=1S/C13H24N4/c1-4-7-17(9-8-16(2)3)13-6-5-12(10-14)11-15-13/h5-6,11H,4,7-10,14H2,1-3H3. The van der Waals surface area contributed by atoms with Crippen molar-refractivity contribution in [1.29, 1.82) is 0 Å². The molecule has 4 heteroatoms. The van der Waals surface area contributed by atoms with Crippen molar-refractivity contribution in [3.05, 3.63) is 23.9 Å². The molecule has 4 nitrogen and oxygen atoms in total. The fourth-order valence-electron chi connectivity index (χ4n) is 1.66. The number of likely N-dealkylation sites (N-methyl/N-ethyl adjacent to an activating group) is 1. The lowest BCUT2D eigenvalue weighted by Gasteiger charge is -2.25. The van der Waals surface area contributed by atoms with E-state index < -0.39 is 0 Å². The lowest BCUT2D eigenvalue weighted by molar-refractivity contribution is 0.412. The van der Waals surface area contributed by atoms with Gasteiger partial charge in [0.15, 0.2) is 0 Å². The van der Waals surface area contributed by atoms with Gasteiger partial charge in [-0.25, -0.2) is 4.98 Å². The van der Waals surface area contributed by atoms with Gasteiger partial charge in [0.1, 0.15) is 5.82 Å². The molecule has 0 saturated carbocycles. The van der Waals surface area contributed by atoms with E-state index in [9.17, 15) is 0 Å². The van der Waals surface area contributed by atoms with Crippen LogP contribution >= 0.6 is 0 Å². The van der Waals surface area contributed by atoms with Crippen molar-refractivity contribution in [3.63, 3.8) is 0 Å². The van der Waals surface area contributed by atoms with Gasteiger partial charge < -0.3 is 15.5 Å². The third kappa shape index (κ3) is 4.71. The number of anilines is 1. The Balaban J connectivity index is 2.67. The average Bonchev–Trinajstić information content (AvgIpc) is 2.34. The normalized spacial score (nSPS) is 10.9. The summed E-state index contributed by atoms with van der Waals surface area (Å²) in [4.78, 5) is 8.98. The highest BCUT2D eigenvalue weighted by molar-refractivity contribution is 5.39. The Labute approximate surface area is 104 Å². The van der Waals surface area contributed by atoms with Gasteiger partial charge in [0.05, 0.1) is 0 Å². The van der Waals surface area contributed by atoms with Crippen LogP contribution in [0.5, 0.6) is 0 Å². The molecule has 0 amide bonds. The summed E-state index contributed by atoms with van der Waals surface area (Å²) in [6, 6.07) is 4.12. The van der Waals surface area contributed by atoms with Crippen LogP contribution < -0.4 is 10.6 Å². The molecule has 0 bridgehead atoms. The maximum absolute atomic E-state index is 5.57. The predicted molar refractivity (Wildman–Crippen MR) is 73.2 cm³/mol. The Morgan fingerprint density at radius 3 is 2.41 bits per heavy atom. The van der Waals surface area contributed by atoms with E-state index in [0.717, 1.165) is 37.4 Å². The van der Waals surface area contributed by atoms with Gasteiger partial charge in [-0.15, -0.1) is 0 Å². The molecule has 1 heterocycles. The number of rotatable bonds is 7. The summed E-state index contributed by atoms with van der Waals surface area (Å²) >= 11 is 0. The first-order chi connectivity index (χ1) is 8.17. The van der Waals surface area contributed by atoms with E-state index in [1.165, 1.54) is 0 Å². The van der Waals surface area contributed by atoms with Crippen LogP contribution in [0.2, 0.25) is 0 Å². The zero-order valence-electron chi connectivity index (χ0n) is 11.2. The van der Waals surface area contributed by atoms with Crippen molar-refractivity contribution < 1.29 is 0 Å². The molecule has 0 saturated heterocycles.